The third-order valence-corrected chi connectivity index (χ3v) is 2.84. The Labute approximate surface area is 81.7 Å². The number of hydrogen-bond acceptors (Lipinski definition) is 2. The van der Waals surface area contributed by atoms with Gasteiger partial charge in [0.2, 0.25) is 6.43 Å². The van der Waals surface area contributed by atoms with Crippen molar-refractivity contribution in [2.45, 2.75) is 32.2 Å². The largest absolute Gasteiger partial charge is 0.480 e. The predicted molar refractivity (Wildman–Crippen MR) is 47.4 cm³/mol. The van der Waals surface area contributed by atoms with Crippen LogP contribution < -0.4 is 0 Å². The molecular weight excluding hydrogens is 192 g/mol. The number of piperidine rings is 1. The van der Waals surface area contributed by atoms with Crippen molar-refractivity contribution in [3.63, 3.8) is 0 Å². The fourth-order valence-corrected chi connectivity index (χ4v) is 1.71. The molecule has 1 unspecified atom stereocenters. The van der Waals surface area contributed by atoms with E-state index < -0.39 is 24.4 Å². The summed E-state index contributed by atoms with van der Waals surface area (Å²) in [6.45, 7) is 2.51. The van der Waals surface area contributed by atoms with Crippen LogP contribution in [0.3, 0.4) is 0 Å². The van der Waals surface area contributed by atoms with Gasteiger partial charge in [0.25, 0.3) is 0 Å². The van der Waals surface area contributed by atoms with E-state index in [0.29, 0.717) is 25.9 Å². The second kappa shape index (κ2) is 4.68. The fourth-order valence-electron chi connectivity index (χ4n) is 1.71. The summed E-state index contributed by atoms with van der Waals surface area (Å²) in [6.07, 6.45) is -1.47. The van der Waals surface area contributed by atoms with Gasteiger partial charge in [-0.2, -0.15) is 0 Å². The van der Waals surface area contributed by atoms with Crippen LogP contribution in [0.5, 0.6) is 0 Å². The Morgan fingerprint density at radius 1 is 1.43 bits per heavy atom. The molecule has 0 aromatic rings. The van der Waals surface area contributed by atoms with Gasteiger partial charge in [0.15, 0.2) is 0 Å². The van der Waals surface area contributed by atoms with Crippen LogP contribution >= 0.6 is 0 Å². The fraction of sp³-hybridized carbons (Fsp3) is 0.889. The molecule has 5 heteroatoms. The summed E-state index contributed by atoms with van der Waals surface area (Å²) in [6, 6.07) is -0.561. The van der Waals surface area contributed by atoms with Crippen molar-refractivity contribution < 1.29 is 18.7 Å². The Morgan fingerprint density at radius 2 is 1.93 bits per heavy atom. The zero-order valence-corrected chi connectivity index (χ0v) is 8.12. The molecule has 0 saturated carbocycles. The summed E-state index contributed by atoms with van der Waals surface area (Å²) in [7, 11) is 0. The average molecular weight is 207 g/mol. The Bertz CT molecular complexity index is 203. The lowest BCUT2D eigenvalue weighted by Gasteiger charge is -2.33. The van der Waals surface area contributed by atoms with E-state index in [2.05, 4.69) is 0 Å². The van der Waals surface area contributed by atoms with Gasteiger partial charge in [-0.05, 0) is 32.9 Å². The van der Waals surface area contributed by atoms with Gasteiger partial charge in [0, 0.05) is 5.92 Å². The molecule has 14 heavy (non-hydrogen) atoms. The van der Waals surface area contributed by atoms with Crippen molar-refractivity contribution in [1.29, 1.82) is 0 Å². The molecule has 0 aromatic heterocycles. The number of carboxylic acids is 1. The number of nitrogens with zero attached hydrogens (tertiary/aromatic N) is 1. The Morgan fingerprint density at radius 3 is 2.29 bits per heavy atom. The molecule has 1 heterocycles. The molecular formula is C9H15F2NO2. The first-order valence-corrected chi connectivity index (χ1v) is 4.77. The van der Waals surface area contributed by atoms with E-state index in [9.17, 15) is 13.6 Å². The predicted octanol–water partition coefficient (Wildman–Crippen LogP) is 1.44. The molecule has 0 aliphatic carbocycles. The topological polar surface area (TPSA) is 40.5 Å². The van der Waals surface area contributed by atoms with Gasteiger partial charge in [-0.1, -0.05) is 0 Å². The van der Waals surface area contributed by atoms with Gasteiger partial charge in [-0.15, -0.1) is 0 Å². The van der Waals surface area contributed by atoms with E-state index >= 15 is 0 Å². The molecule has 1 N–H and O–H groups in total. The molecule has 0 aromatic carbocycles. The average Bonchev–Trinajstić information content (AvgIpc) is 2.16. The van der Waals surface area contributed by atoms with Crippen LogP contribution in [0.15, 0.2) is 0 Å². The number of carbonyl (C=O) groups is 1. The summed E-state index contributed by atoms with van der Waals surface area (Å²) in [4.78, 5) is 12.4. The highest BCUT2D eigenvalue weighted by Gasteiger charge is 2.30. The molecule has 1 fully saturated rings. The summed E-state index contributed by atoms with van der Waals surface area (Å²) >= 11 is 0. The number of rotatable bonds is 3. The van der Waals surface area contributed by atoms with Gasteiger partial charge in [0.1, 0.15) is 6.04 Å². The van der Waals surface area contributed by atoms with Crippen LogP contribution in [-0.4, -0.2) is 41.5 Å². The standard InChI is InChI=1S/C9H15F2NO2/c1-6(9(13)14)12-4-2-7(3-5-12)8(10)11/h6-8H,2-5H2,1H3,(H,13,14). The van der Waals surface area contributed by atoms with Gasteiger partial charge in [-0.25, -0.2) is 8.78 Å². The van der Waals surface area contributed by atoms with Gasteiger partial charge in [-0.3, -0.25) is 9.69 Å². The maximum atomic E-state index is 12.3. The van der Waals surface area contributed by atoms with Crippen molar-refractivity contribution in [2.75, 3.05) is 13.1 Å². The van der Waals surface area contributed by atoms with E-state index in [-0.39, 0.29) is 0 Å². The minimum Gasteiger partial charge on any atom is -0.480 e. The Hall–Kier alpha value is -0.710. The first kappa shape index (κ1) is 11.4. The van der Waals surface area contributed by atoms with Gasteiger partial charge < -0.3 is 5.11 Å². The highest BCUT2D eigenvalue weighted by atomic mass is 19.3. The van der Waals surface area contributed by atoms with Crippen LogP contribution in [0.4, 0.5) is 8.78 Å². The lowest BCUT2D eigenvalue weighted by molar-refractivity contribution is -0.143. The molecule has 0 spiro atoms. The van der Waals surface area contributed by atoms with Crippen molar-refractivity contribution in [3.8, 4) is 0 Å². The zero-order valence-electron chi connectivity index (χ0n) is 8.12. The van der Waals surface area contributed by atoms with Crippen LogP contribution in [0, 0.1) is 5.92 Å². The SMILES string of the molecule is CC(C(=O)O)N1CCC(C(F)F)CC1. The molecule has 1 aliphatic rings. The quantitative estimate of drug-likeness (QED) is 0.761. The maximum absolute atomic E-state index is 12.3. The Kier molecular flexibility index (Phi) is 3.80. The second-order valence-electron chi connectivity index (χ2n) is 3.72. The van der Waals surface area contributed by atoms with E-state index in [1.807, 2.05) is 0 Å². The molecule has 1 rings (SSSR count). The number of halogens is 2. The van der Waals surface area contributed by atoms with Gasteiger partial charge in [0.05, 0.1) is 0 Å². The summed E-state index contributed by atoms with van der Waals surface area (Å²) < 4.78 is 24.5. The van der Waals surface area contributed by atoms with Crippen molar-refractivity contribution in [3.05, 3.63) is 0 Å². The minimum absolute atomic E-state index is 0.398. The third-order valence-electron chi connectivity index (χ3n) is 2.84. The van der Waals surface area contributed by atoms with Crippen molar-refractivity contribution >= 4 is 5.97 Å². The number of aliphatic carboxylic acids is 1. The van der Waals surface area contributed by atoms with E-state index in [1.54, 1.807) is 11.8 Å². The normalized spacial score (nSPS) is 22.6. The maximum Gasteiger partial charge on any atom is 0.320 e. The lowest BCUT2D eigenvalue weighted by Crippen LogP contribution is -2.44. The van der Waals surface area contributed by atoms with Crippen LogP contribution in [0.2, 0.25) is 0 Å². The van der Waals surface area contributed by atoms with Crippen molar-refractivity contribution in [1.82, 2.24) is 4.90 Å². The van der Waals surface area contributed by atoms with E-state index in [4.69, 9.17) is 5.11 Å². The van der Waals surface area contributed by atoms with Gasteiger partial charge >= 0.3 is 5.97 Å². The summed E-state index contributed by atoms with van der Waals surface area (Å²) in [5, 5.41) is 8.72. The summed E-state index contributed by atoms with van der Waals surface area (Å²) in [5.41, 5.74) is 0. The second-order valence-corrected chi connectivity index (χ2v) is 3.72. The van der Waals surface area contributed by atoms with E-state index in [0.717, 1.165) is 0 Å². The zero-order chi connectivity index (χ0) is 10.7. The minimum atomic E-state index is -2.27. The van der Waals surface area contributed by atoms with Crippen LogP contribution in [-0.2, 0) is 4.79 Å². The monoisotopic (exact) mass is 207 g/mol. The highest BCUT2D eigenvalue weighted by Crippen LogP contribution is 2.24. The lowest BCUT2D eigenvalue weighted by atomic mass is 9.96. The molecule has 1 atom stereocenters. The van der Waals surface area contributed by atoms with E-state index in [1.165, 1.54) is 0 Å². The molecule has 0 radical (unpaired) electrons. The number of hydrogen-bond donors (Lipinski definition) is 1. The smallest absolute Gasteiger partial charge is 0.320 e. The molecule has 82 valence electrons. The number of carboxylic acid groups (broad SMARTS) is 1. The van der Waals surface area contributed by atoms with Crippen LogP contribution in [0.25, 0.3) is 0 Å². The first-order chi connectivity index (χ1) is 6.52. The third kappa shape index (κ3) is 2.64. The molecule has 1 saturated heterocycles. The van der Waals surface area contributed by atoms with Crippen LogP contribution in [0.1, 0.15) is 19.8 Å². The summed E-state index contributed by atoms with van der Waals surface area (Å²) in [5.74, 6) is -1.44. The molecule has 0 amide bonds. The molecule has 0 bridgehead atoms. The Balaban J connectivity index is 2.39. The number of likely N-dealkylation sites (tertiary alicyclic amines) is 1. The molecule has 1 aliphatic heterocycles. The molecule has 3 nitrogen and oxygen atoms in total. The van der Waals surface area contributed by atoms with Crippen molar-refractivity contribution in [2.24, 2.45) is 5.92 Å². The number of alkyl halides is 2. The first-order valence-electron chi connectivity index (χ1n) is 4.77. The highest BCUT2D eigenvalue weighted by molar-refractivity contribution is 5.72.